The third kappa shape index (κ3) is 2.20. The van der Waals surface area contributed by atoms with Crippen molar-refractivity contribution in [2.75, 3.05) is 6.61 Å². The van der Waals surface area contributed by atoms with Crippen LogP contribution in [-0.2, 0) is 4.74 Å². The molecule has 2 rings (SSSR count). The molecule has 96 valence electrons. The highest BCUT2D eigenvalue weighted by molar-refractivity contribution is 6.91. The molecule has 18 heavy (non-hydrogen) atoms. The molecule has 0 amide bonds. The van der Waals surface area contributed by atoms with E-state index >= 15 is 0 Å². The lowest BCUT2D eigenvalue weighted by Gasteiger charge is -2.16. The lowest BCUT2D eigenvalue weighted by atomic mass is 10.2. The number of benzene rings is 1. The fourth-order valence-corrected chi connectivity index (χ4v) is 3.98. The van der Waals surface area contributed by atoms with Crippen molar-refractivity contribution in [2.24, 2.45) is 0 Å². The fourth-order valence-electron chi connectivity index (χ4n) is 2.13. The van der Waals surface area contributed by atoms with Gasteiger partial charge < -0.3 is 9.15 Å². The van der Waals surface area contributed by atoms with Crippen molar-refractivity contribution in [3.8, 4) is 0 Å². The summed E-state index contributed by atoms with van der Waals surface area (Å²) in [6.07, 6.45) is 0. The van der Waals surface area contributed by atoms with Crippen LogP contribution >= 0.6 is 0 Å². The van der Waals surface area contributed by atoms with E-state index in [1.54, 1.807) is 6.92 Å². The minimum atomic E-state index is -1.68. The average molecular weight is 262 g/mol. The summed E-state index contributed by atoms with van der Waals surface area (Å²) in [7, 11) is -1.68. The van der Waals surface area contributed by atoms with Crippen molar-refractivity contribution in [2.45, 2.75) is 26.6 Å². The van der Waals surface area contributed by atoms with Gasteiger partial charge in [0.05, 0.1) is 14.7 Å². The van der Waals surface area contributed by atoms with Crippen molar-refractivity contribution < 1.29 is 13.9 Å². The molecule has 0 saturated carbocycles. The summed E-state index contributed by atoms with van der Waals surface area (Å²) in [6.45, 7) is 8.77. The number of ether oxygens (including phenoxy) is 1. The highest BCUT2D eigenvalue weighted by Crippen LogP contribution is 2.22. The van der Waals surface area contributed by atoms with Gasteiger partial charge in [-0.05, 0) is 18.2 Å². The van der Waals surface area contributed by atoms with Gasteiger partial charge in [0.25, 0.3) is 0 Å². The Morgan fingerprint density at radius 3 is 2.56 bits per heavy atom. The number of esters is 1. The molecule has 2 aromatic rings. The quantitative estimate of drug-likeness (QED) is 0.630. The maximum atomic E-state index is 12.0. The minimum Gasteiger partial charge on any atom is -0.460 e. The summed E-state index contributed by atoms with van der Waals surface area (Å²) >= 11 is 0. The summed E-state index contributed by atoms with van der Waals surface area (Å²) in [5.74, 6) is 0.0309. The van der Waals surface area contributed by atoms with E-state index < -0.39 is 8.07 Å². The van der Waals surface area contributed by atoms with E-state index in [0.717, 1.165) is 16.2 Å². The Morgan fingerprint density at radius 1 is 1.28 bits per heavy atom. The Bertz CT molecular complexity index is 578. The Morgan fingerprint density at radius 2 is 1.94 bits per heavy atom. The molecule has 0 atom stereocenters. The summed E-state index contributed by atoms with van der Waals surface area (Å²) in [5.41, 5.74) is 0.762. The summed E-state index contributed by atoms with van der Waals surface area (Å²) in [5, 5.41) is 2.09. The molecule has 0 radical (unpaired) electrons. The first-order valence-electron chi connectivity index (χ1n) is 6.14. The van der Waals surface area contributed by atoms with Gasteiger partial charge in [0.15, 0.2) is 0 Å². The van der Waals surface area contributed by atoms with E-state index in [1.165, 1.54) is 0 Å². The zero-order valence-electron chi connectivity index (χ0n) is 11.2. The molecule has 0 aliphatic heterocycles. The second-order valence-corrected chi connectivity index (χ2v) is 10.3. The van der Waals surface area contributed by atoms with Gasteiger partial charge in [-0.15, -0.1) is 0 Å². The van der Waals surface area contributed by atoms with Gasteiger partial charge in [-0.3, -0.25) is 0 Å². The third-order valence-corrected chi connectivity index (χ3v) is 4.80. The van der Waals surface area contributed by atoms with Gasteiger partial charge in [-0.1, -0.05) is 37.8 Å². The topological polar surface area (TPSA) is 39.4 Å². The smallest absolute Gasteiger partial charge is 0.374 e. The molecule has 1 heterocycles. The maximum absolute atomic E-state index is 12.0. The molecular weight excluding hydrogens is 244 g/mol. The van der Waals surface area contributed by atoms with Crippen LogP contribution in [-0.4, -0.2) is 20.7 Å². The minimum absolute atomic E-state index is 0.355. The number of hydrogen-bond acceptors (Lipinski definition) is 3. The second-order valence-electron chi connectivity index (χ2n) is 5.27. The van der Waals surface area contributed by atoms with E-state index in [0.29, 0.717) is 12.4 Å². The average Bonchev–Trinajstić information content (AvgIpc) is 2.68. The molecule has 0 aliphatic carbocycles. The van der Waals surface area contributed by atoms with E-state index in [1.807, 2.05) is 24.3 Å². The highest BCUT2D eigenvalue weighted by atomic mass is 28.3. The normalized spacial score (nSPS) is 11.8. The van der Waals surface area contributed by atoms with Crippen molar-refractivity contribution >= 4 is 30.2 Å². The molecular formula is C14H18O3Si. The Labute approximate surface area is 108 Å². The van der Waals surface area contributed by atoms with Crippen LogP contribution in [0, 0.1) is 0 Å². The number of fused-ring (bicyclic) bond motifs is 1. The van der Waals surface area contributed by atoms with E-state index in [4.69, 9.17) is 9.15 Å². The largest absolute Gasteiger partial charge is 0.460 e. The summed E-state index contributed by atoms with van der Waals surface area (Å²) < 4.78 is 10.8. The zero-order valence-corrected chi connectivity index (χ0v) is 12.2. The fraction of sp³-hybridized carbons (Fsp3) is 0.357. The van der Waals surface area contributed by atoms with Crippen molar-refractivity contribution in [3.05, 3.63) is 30.0 Å². The number of hydrogen-bond donors (Lipinski definition) is 0. The molecule has 4 heteroatoms. The van der Waals surface area contributed by atoms with Gasteiger partial charge in [0.2, 0.25) is 5.76 Å². The van der Waals surface area contributed by atoms with Crippen LogP contribution in [0.5, 0.6) is 0 Å². The molecule has 0 saturated heterocycles. The van der Waals surface area contributed by atoms with E-state index in [9.17, 15) is 4.79 Å². The van der Waals surface area contributed by atoms with Crippen LogP contribution in [0.15, 0.2) is 28.7 Å². The van der Waals surface area contributed by atoms with Crippen LogP contribution in [0.25, 0.3) is 11.0 Å². The molecule has 0 fully saturated rings. The predicted octanol–water partition coefficient (Wildman–Crippen LogP) is 3.15. The van der Waals surface area contributed by atoms with Crippen molar-refractivity contribution in [3.63, 3.8) is 0 Å². The maximum Gasteiger partial charge on any atom is 0.374 e. The number of rotatable bonds is 3. The van der Waals surface area contributed by atoms with E-state index in [-0.39, 0.29) is 5.97 Å². The lowest BCUT2D eigenvalue weighted by molar-refractivity contribution is 0.0494. The molecule has 0 N–H and O–H groups in total. The second kappa shape index (κ2) is 4.61. The van der Waals surface area contributed by atoms with Gasteiger partial charge in [0.1, 0.15) is 5.58 Å². The first kappa shape index (κ1) is 12.9. The number of para-hydroxylation sites is 1. The number of carbonyl (C=O) groups is 1. The van der Waals surface area contributed by atoms with Gasteiger partial charge in [-0.25, -0.2) is 4.79 Å². The Balaban J connectivity index is 2.68. The first-order chi connectivity index (χ1) is 8.45. The zero-order chi connectivity index (χ0) is 13.3. The molecule has 0 spiro atoms. The molecule has 1 aromatic carbocycles. The SMILES string of the molecule is CCOC(=O)c1oc2ccccc2c1[Si](C)(C)C. The van der Waals surface area contributed by atoms with E-state index in [2.05, 4.69) is 19.6 Å². The van der Waals surface area contributed by atoms with Crippen molar-refractivity contribution in [1.29, 1.82) is 0 Å². The van der Waals surface area contributed by atoms with Crippen LogP contribution in [0.1, 0.15) is 17.5 Å². The first-order valence-corrected chi connectivity index (χ1v) is 9.64. The van der Waals surface area contributed by atoms with Crippen LogP contribution < -0.4 is 5.19 Å². The molecule has 0 aliphatic rings. The Kier molecular flexibility index (Phi) is 3.30. The van der Waals surface area contributed by atoms with Crippen LogP contribution in [0.2, 0.25) is 19.6 Å². The van der Waals surface area contributed by atoms with Gasteiger partial charge in [-0.2, -0.15) is 0 Å². The molecule has 1 aromatic heterocycles. The lowest BCUT2D eigenvalue weighted by Crippen LogP contribution is -2.40. The van der Waals surface area contributed by atoms with Crippen LogP contribution in [0.3, 0.4) is 0 Å². The summed E-state index contributed by atoms with van der Waals surface area (Å²) in [6, 6.07) is 7.78. The van der Waals surface area contributed by atoms with Gasteiger partial charge >= 0.3 is 5.97 Å². The predicted molar refractivity (Wildman–Crippen MR) is 75.2 cm³/mol. The summed E-state index contributed by atoms with van der Waals surface area (Å²) in [4.78, 5) is 12.0. The molecule has 0 bridgehead atoms. The standard InChI is InChI=1S/C14H18O3Si/c1-5-16-14(15)12-13(18(2,3)4)10-8-6-7-9-11(10)17-12/h6-9H,5H2,1-4H3. The van der Waals surface area contributed by atoms with Crippen LogP contribution in [0.4, 0.5) is 0 Å². The van der Waals surface area contributed by atoms with Crippen molar-refractivity contribution in [1.82, 2.24) is 0 Å². The molecule has 0 unspecified atom stereocenters. The van der Waals surface area contributed by atoms with Gasteiger partial charge in [0, 0.05) is 5.39 Å². The number of carbonyl (C=O) groups excluding carboxylic acids is 1. The Hall–Kier alpha value is -1.55. The highest BCUT2D eigenvalue weighted by Gasteiger charge is 2.30. The number of furan rings is 1. The molecule has 3 nitrogen and oxygen atoms in total. The third-order valence-electron chi connectivity index (χ3n) is 2.81. The monoisotopic (exact) mass is 262 g/mol.